The molecule has 0 saturated heterocycles. The molecule has 0 spiro atoms. The van der Waals surface area contributed by atoms with Crippen LogP contribution in [0.1, 0.15) is 25.7 Å². The molecule has 0 aliphatic heterocycles. The molecule has 2 rings (SSSR count). The van der Waals surface area contributed by atoms with Crippen molar-refractivity contribution in [1.82, 2.24) is 15.0 Å². The summed E-state index contributed by atoms with van der Waals surface area (Å²) < 4.78 is 4.98. The van der Waals surface area contributed by atoms with E-state index in [0.717, 1.165) is 0 Å². The molecule has 1 aliphatic rings. The van der Waals surface area contributed by atoms with E-state index in [2.05, 4.69) is 19.9 Å². The Hall–Kier alpha value is -1.59. The van der Waals surface area contributed by atoms with Crippen LogP contribution in [-0.2, 0) is 0 Å². The summed E-state index contributed by atoms with van der Waals surface area (Å²) in [6.45, 7) is 0. The van der Waals surface area contributed by atoms with Crippen molar-refractivity contribution in [2.24, 2.45) is 0 Å². The molecule has 0 unspecified atom stereocenters. The average molecular weight is 223 g/mol. The maximum absolute atomic E-state index is 5.60. The zero-order valence-electron chi connectivity index (χ0n) is 9.68. The smallest absolute Gasteiger partial charge is 0.322 e. The molecule has 6 nitrogen and oxygen atoms in total. The van der Waals surface area contributed by atoms with Crippen LogP contribution >= 0.6 is 0 Å². The van der Waals surface area contributed by atoms with Crippen LogP contribution in [0.15, 0.2) is 0 Å². The minimum Gasteiger partial charge on any atom is -0.467 e. The minimum absolute atomic E-state index is 0.201. The lowest BCUT2D eigenvalue weighted by atomic mass is 10.2. The van der Waals surface area contributed by atoms with E-state index >= 15 is 0 Å². The lowest BCUT2D eigenvalue weighted by Crippen LogP contribution is -2.30. The molecule has 1 aromatic heterocycles. The quantitative estimate of drug-likeness (QED) is 0.818. The van der Waals surface area contributed by atoms with Crippen molar-refractivity contribution < 1.29 is 4.74 Å². The van der Waals surface area contributed by atoms with E-state index in [4.69, 9.17) is 10.5 Å². The Morgan fingerprint density at radius 1 is 1.25 bits per heavy atom. The van der Waals surface area contributed by atoms with Crippen LogP contribution in [0.2, 0.25) is 0 Å². The number of hydrogen-bond donors (Lipinski definition) is 1. The lowest BCUT2D eigenvalue weighted by molar-refractivity contribution is 0.378. The Balaban J connectivity index is 2.21. The molecule has 88 valence electrons. The number of hydrogen-bond acceptors (Lipinski definition) is 6. The van der Waals surface area contributed by atoms with Gasteiger partial charge in [0.05, 0.1) is 7.11 Å². The summed E-state index contributed by atoms with van der Waals surface area (Å²) in [6, 6.07) is 0.777. The van der Waals surface area contributed by atoms with Crippen LogP contribution in [0.4, 0.5) is 11.9 Å². The molecule has 1 aromatic rings. The van der Waals surface area contributed by atoms with Gasteiger partial charge in [0.2, 0.25) is 11.9 Å². The van der Waals surface area contributed by atoms with E-state index in [1.807, 2.05) is 7.05 Å². The number of anilines is 2. The monoisotopic (exact) mass is 223 g/mol. The topological polar surface area (TPSA) is 77.2 Å². The summed E-state index contributed by atoms with van der Waals surface area (Å²) in [6.07, 6.45) is 4.91. The Kier molecular flexibility index (Phi) is 3.07. The van der Waals surface area contributed by atoms with Gasteiger partial charge < -0.3 is 15.4 Å². The fraction of sp³-hybridized carbons (Fsp3) is 0.700. The van der Waals surface area contributed by atoms with Crippen LogP contribution in [0.3, 0.4) is 0 Å². The average Bonchev–Trinajstić information content (AvgIpc) is 2.80. The molecular formula is C10H17N5O. The molecule has 0 bridgehead atoms. The largest absolute Gasteiger partial charge is 0.467 e. The van der Waals surface area contributed by atoms with E-state index in [1.54, 1.807) is 0 Å². The molecule has 0 amide bonds. The van der Waals surface area contributed by atoms with Gasteiger partial charge in [0.1, 0.15) is 0 Å². The third-order valence-electron chi connectivity index (χ3n) is 2.99. The SMILES string of the molecule is COc1nc(N)nc(N(C)C2CCCC2)n1. The first-order valence-electron chi connectivity index (χ1n) is 5.49. The van der Waals surface area contributed by atoms with Gasteiger partial charge in [-0.3, -0.25) is 0 Å². The summed E-state index contributed by atoms with van der Waals surface area (Å²) >= 11 is 0. The van der Waals surface area contributed by atoms with Crippen molar-refractivity contribution in [1.29, 1.82) is 0 Å². The predicted molar refractivity (Wildman–Crippen MR) is 61.5 cm³/mol. The van der Waals surface area contributed by atoms with Crippen LogP contribution in [0.25, 0.3) is 0 Å². The Morgan fingerprint density at radius 3 is 2.56 bits per heavy atom. The summed E-state index contributed by atoms with van der Waals surface area (Å²) in [5.74, 6) is 0.794. The van der Waals surface area contributed by atoms with Crippen LogP contribution in [0, 0.1) is 0 Å². The molecular weight excluding hydrogens is 206 g/mol. The van der Waals surface area contributed by atoms with Gasteiger partial charge in [-0.05, 0) is 12.8 Å². The van der Waals surface area contributed by atoms with E-state index in [0.29, 0.717) is 12.0 Å². The first-order valence-corrected chi connectivity index (χ1v) is 5.49. The van der Waals surface area contributed by atoms with Gasteiger partial charge in [0.15, 0.2) is 0 Å². The van der Waals surface area contributed by atoms with E-state index in [1.165, 1.54) is 32.8 Å². The molecule has 0 atom stereocenters. The Labute approximate surface area is 94.9 Å². The Morgan fingerprint density at radius 2 is 1.94 bits per heavy atom. The van der Waals surface area contributed by atoms with Gasteiger partial charge in [-0.25, -0.2) is 0 Å². The maximum Gasteiger partial charge on any atom is 0.322 e. The second kappa shape index (κ2) is 4.51. The highest BCUT2D eigenvalue weighted by atomic mass is 16.5. The minimum atomic E-state index is 0.201. The fourth-order valence-corrected chi connectivity index (χ4v) is 2.06. The van der Waals surface area contributed by atoms with Crippen molar-refractivity contribution in [2.45, 2.75) is 31.7 Å². The lowest BCUT2D eigenvalue weighted by Gasteiger charge is -2.24. The molecule has 1 aliphatic carbocycles. The van der Waals surface area contributed by atoms with Crippen molar-refractivity contribution in [3.05, 3.63) is 0 Å². The number of methoxy groups -OCH3 is 1. The third-order valence-corrected chi connectivity index (χ3v) is 2.99. The molecule has 0 aromatic carbocycles. The van der Waals surface area contributed by atoms with Gasteiger partial charge in [0.25, 0.3) is 0 Å². The predicted octanol–water partition coefficient (Wildman–Crippen LogP) is 0.841. The van der Waals surface area contributed by atoms with E-state index in [9.17, 15) is 0 Å². The van der Waals surface area contributed by atoms with Gasteiger partial charge >= 0.3 is 6.01 Å². The number of nitrogens with zero attached hydrogens (tertiary/aromatic N) is 4. The van der Waals surface area contributed by atoms with Gasteiger partial charge in [-0.1, -0.05) is 12.8 Å². The first kappa shape index (κ1) is 10.9. The van der Waals surface area contributed by atoms with Crippen molar-refractivity contribution >= 4 is 11.9 Å². The van der Waals surface area contributed by atoms with E-state index in [-0.39, 0.29) is 12.0 Å². The fourth-order valence-electron chi connectivity index (χ4n) is 2.06. The van der Waals surface area contributed by atoms with E-state index < -0.39 is 0 Å². The summed E-state index contributed by atoms with van der Waals surface area (Å²) in [5.41, 5.74) is 5.60. The molecule has 1 saturated carbocycles. The zero-order chi connectivity index (χ0) is 11.5. The van der Waals surface area contributed by atoms with Gasteiger partial charge in [0, 0.05) is 13.1 Å². The summed E-state index contributed by atoms with van der Waals surface area (Å²) in [7, 11) is 3.51. The molecule has 1 fully saturated rings. The maximum atomic E-state index is 5.60. The molecule has 6 heteroatoms. The van der Waals surface area contributed by atoms with Gasteiger partial charge in [-0.15, -0.1) is 0 Å². The standard InChI is InChI=1S/C10H17N5O/c1-15(7-5-3-4-6-7)9-12-8(11)13-10(14-9)16-2/h7H,3-6H2,1-2H3,(H2,11,12,13,14). The first-order chi connectivity index (χ1) is 7.70. The normalized spacial score (nSPS) is 16.4. The van der Waals surface area contributed by atoms with Crippen molar-refractivity contribution in [2.75, 3.05) is 24.8 Å². The van der Waals surface area contributed by atoms with Crippen molar-refractivity contribution in [3.8, 4) is 6.01 Å². The second-order valence-corrected chi connectivity index (χ2v) is 4.03. The highest BCUT2D eigenvalue weighted by Gasteiger charge is 2.22. The highest BCUT2D eigenvalue weighted by molar-refractivity contribution is 5.36. The third kappa shape index (κ3) is 2.15. The van der Waals surface area contributed by atoms with Crippen LogP contribution in [0.5, 0.6) is 6.01 Å². The highest BCUT2D eigenvalue weighted by Crippen LogP contribution is 2.25. The summed E-state index contributed by atoms with van der Waals surface area (Å²) in [4.78, 5) is 14.3. The second-order valence-electron chi connectivity index (χ2n) is 4.03. The molecule has 0 radical (unpaired) electrons. The molecule has 1 heterocycles. The van der Waals surface area contributed by atoms with Crippen molar-refractivity contribution in [3.63, 3.8) is 0 Å². The number of aromatic nitrogens is 3. The molecule has 2 N–H and O–H groups in total. The number of ether oxygens (including phenoxy) is 1. The van der Waals surface area contributed by atoms with Gasteiger partial charge in [-0.2, -0.15) is 15.0 Å². The summed E-state index contributed by atoms with van der Waals surface area (Å²) in [5, 5.41) is 0. The van der Waals surface area contributed by atoms with Crippen LogP contribution < -0.4 is 15.4 Å². The number of rotatable bonds is 3. The number of nitrogen functional groups attached to an aromatic ring is 1. The van der Waals surface area contributed by atoms with Crippen LogP contribution in [-0.4, -0.2) is 35.2 Å². The Bertz CT molecular complexity index is 364. The molecule has 16 heavy (non-hydrogen) atoms. The number of nitrogens with two attached hydrogens (primary N) is 1. The zero-order valence-corrected chi connectivity index (χ0v) is 9.68.